The van der Waals surface area contributed by atoms with Crippen molar-refractivity contribution >= 4 is 22.8 Å². The van der Waals surface area contributed by atoms with Crippen molar-refractivity contribution in [1.82, 2.24) is 39.6 Å². The summed E-state index contributed by atoms with van der Waals surface area (Å²) in [5, 5.41) is 8.09. The molecule has 0 atom stereocenters. The lowest BCUT2D eigenvalue weighted by Gasteiger charge is -2.10. The van der Waals surface area contributed by atoms with Gasteiger partial charge in [0, 0.05) is 66.5 Å². The zero-order valence-electron chi connectivity index (χ0n) is 20.2. The Bertz CT molecular complexity index is 1550. The van der Waals surface area contributed by atoms with E-state index in [1.165, 1.54) is 12.4 Å². The quantitative estimate of drug-likeness (QED) is 0.343. The molecule has 0 fully saturated rings. The van der Waals surface area contributed by atoms with Crippen molar-refractivity contribution in [2.24, 2.45) is 7.05 Å². The van der Waals surface area contributed by atoms with Crippen molar-refractivity contribution in [2.75, 3.05) is 26.0 Å². The van der Waals surface area contributed by atoms with E-state index in [2.05, 4.69) is 41.4 Å². The van der Waals surface area contributed by atoms with Gasteiger partial charge in [-0.05, 0) is 43.9 Å². The second kappa shape index (κ2) is 9.88. The van der Waals surface area contributed by atoms with Gasteiger partial charge >= 0.3 is 0 Å². The van der Waals surface area contributed by atoms with Crippen LogP contribution in [0.5, 0.6) is 0 Å². The number of hydrogen-bond donors (Lipinski definition) is 2. The second-order valence-electron chi connectivity index (χ2n) is 8.60. The highest BCUT2D eigenvalue weighted by molar-refractivity contribution is 5.99. The molecule has 0 aliphatic heterocycles. The van der Waals surface area contributed by atoms with Crippen molar-refractivity contribution in [3.63, 3.8) is 0 Å². The summed E-state index contributed by atoms with van der Waals surface area (Å²) in [5.41, 5.74) is 5.77. The summed E-state index contributed by atoms with van der Waals surface area (Å²) in [4.78, 5) is 35.4. The van der Waals surface area contributed by atoms with Gasteiger partial charge in [-0.15, -0.1) is 0 Å². The molecular weight excluding hydrogens is 454 g/mol. The molecule has 0 aliphatic rings. The molecule has 0 saturated heterocycles. The van der Waals surface area contributed by atoms with Crippen molar-refractivity contribution in [2.45, 2.75) is 0 Å². The summed E-state index contributed by atoms with van der Waals surface area (Å²) in [6.07, 6.45) is 13.9. The van der Waals surface area contributed by atoms with Gasteiger partial charge in [0.1, 0.15) is 17.8 Å². The standard InChI is InChI=1S/C26H25N9O/c1-34(2)8-4-5-25(36)33-24-11-17(10-23(32-24)19-13-31-35(3)15-19)18-9-20-21(14-29-26(20)28-12-18)22-6-7-27-16-30-22/h4-7,9-16H,8H2,1-3H3,(H,28,29)(H,32,33,36). The van der Waals surface area contributed by atoms with E-state index in [0.717, 1.165) is 39.0 Å². The molecule has 5 aromatic rings. The van der Waals surface area contributed by atoms with Crippen LogP contribution < -0.4 is 5.32 Å². The number of rotatable bonds is 7. The Balaban J connectivity index is 1.56. The van der Waals surface area contributed by atoms with Gasteiger partial charge in [0.05, 0.1) is 17.6 Å². The number of nitrogens with zero attached hydrogens (tertiary/aromatic N) is 7. The molecule has 5 heterocycles. The van der Waals surface area contributed by atoms with Crippen molar-refractivity contribution in [1.29, 1.82) is 0 Å². The van der Waals surface area contributed by atoms with E-state index < -0.39 is 0 Å². The number of hydrogen-bond acceptors (Lipinski definition) is 7. The predicted molar refractivity (Wildman–Crippen MR) is 139 cm³/mol. The van der Waals surface area contributed by atoms with Crippen LogP contribution in [0, 0.1) is 0 Å². The molecule has 0 aromatic carbocycles. The van der Waals surface area contributed by atoms with Gasteiger partial charge < -0.3 is 15.2 Å². The molecule has 5 rings (SSSR count). The smallest absolute Gasteiger partial charge is 0.249 e. The summed E-state index contributed by atoms with van der Waals surface area (Å²) in [7, 11) is 5.74. The van der Waals surface area contributed by atoms with Crippen LogP contribution in [0.15, 0.2) is 73.7 Å². The van der Waals surface area contributed by atoms with Gasteiger partial charge in [-0.25, -0.2) is 19.9 Å². The monoisotopic (exact) mass is 479 g/mol. The highest BCUT2D eigenvalue weighted by Crippen LogP contribution is 2.32. The number of H-pyrrole nitrogens is 1. The van der Waals surface area contributed by atoms with E-state index in [1.54, 1.807) is 29.3 Å². The molecule has 10 nitrogen and oxygen atoms in total. The fraction of sp³-hybridized carbons (Fsp3) is 0.154. The summed E-state index contributed by atoms with van der Waals surface area (Å²) < 4.78 is 1.72. The van der Waals surface area contributed by atoms with Crippen LogP contribution in [0.2, 0.25) is 0 Å². The predicted octanol–water partition coefficient (Wildman–Crippen LogP) is 3.54. The molecule has 0 unspecified atom stereocenters. The maximum Gasteiger partial charge on any atom is 0.249 e. The molecule has 0 spiro atoms. The number of carbonyl (C=O) groups excluding carboxylic acids is 1. The van der Waals surface area contributed by atoms with E-state index in [-0.39, 0.29) is 5.91 Å². The van der Waals surface area contributed by atoms with Crippen LogP contribution in [0.1, 0.15) is 0 Å². The molecule has 36 heavy (non-hydrogen) atoms. The average molecular weight is 480 g/mol. The number of aromatic nitrogens is 7. The van der Waals surface area contributed by atoms with E-state index in [0.29, 0.717) is 18.1 Å². The van der Waals surface area contributed by atoms with Crippen LogP contribution in [-0.4, -0.2) is 66.1 Å². The molecule has 2 N–H and O–H groups in total. The molecule has 1 amide bonds. The molecule has 10 heteroatoms. The highest BCUT2D eigenvalue weighted by Gasteiger charge is 2.13. The van der Waals surface area contributed by atoms with Crippen LogP contribution >= 0.6 is 0 Å². The zero-order valence-corrected chi connectivity index (χ0v) is 20.2. The van der Waals surface area contributed by atoms with Gasteiger partial charge in [-0.3, -0.25) is 9.48 Å². The van der Waals surface area contributed by atoms with Crippen LogP contribution in [0.4, 0.5) is 5.82 Å². The number of fused-ring (bicyclic) bond motifs is 1. The lowest BCUT2D eigenvalue weighted by molar-refractivity contribution is -0.111. The van der Waals surface area contributed by atoms with Gasteiger partial charge in [-0.2, -0.15) is 5.10 Å². The Morgan fingerprint density at radius 2 is 2.00 bits per heavy atom. The Labute approximate surface area is 207 Å². The summed E-state index contributed by atoms with van der Waals surface area (Å²) in [5.74, 6) is 0.194. The van der Waals surface area contributed by atoms with Gasteiger partial charge in [-0.1, -0.05) is 6.08 Å². The molecule has 0 aliphatic carbocycles. The summed E-state index contributed by atoms with van der Waals surface area (Å²) >= 11 is 0. The molecule has 0 saturated carbocycles. The molecule has 5 aromatic heterocycles. The number of likely N-dealkylation sites (N-methyl/N-ethyl adjacent to an activating group) is 1. The van der Waals surface area contributed by atoms with E-state index >= 15 is 0 Å². The first-order valence-electron chi connectivity index (χ1n) is 11.3. The summed E-state index contributed by atoms with van der Waals surface area (Å²) in [6, 6.07) is 7.73. The number of pyridine rings is 2. The number of nitrogens with one attached hydrogen (secondary N) is 2. The minimum Gasteiger partial charge on any atom is -0.345 e. The van der Waals surface area contributed by atoms with Gasteiger partial charge in [0.25, 0.3) is 0 Å². The molecule has 0 radical (unpaired) electrons. The van der Waals surface area contributed by atoms with Crippen molar-refractivity contribution in [3.05, 3.63) is 73.7 Å². The highest BCUT2D eigenvalue weighted by atomic mass is 16.1. The maximum absolute atomic E-state index is 12.5. The summed E-state index contributed by atoms with van der Waals surface area (Å²) in [6.45, 7) is 0.666. The van der Waals surface area contributed by atoms with Crippen LogP contribution in [0.25, 0.3) is 44.7 Å². The lowest BCUT2D eigenvalue weighted by Crippen LogP contribution is -2.13. The Hall–Kier alpha value is -4.70. The fourth-order valence-electron chi connectivity index (χ4n) is 3.82. The van der Waals surface area contributed by atoms with Crippen molar-refractivity contribution in [3.8, 4) is 33.6 Å². The maximum atomic E-state index is 12.5. The van der Waals surface area contributed by atoms with Crippen LogP contribution in [0.3, 0.4) is 0 Å². The number of carbonyl (C=O) groups is 1. The molecular formula is C26H25N9O. The lowest BCUT2D eigenvalue weighted by atomic mass is 10.0. The van der Waals surface area contributed by atoms with E-state index in [9.17, 15) is 4.79 Å². The Morgan fingerprint density at radius 3 is 2.75 bits per heavy atom. The first-order chi connectivity index (χ1) is 17.5. The third-order valence-electron chi connectivity index (χ3n) is 5.54. The SMILES string of the molecule is CN(C)CC=CC(=O)Nc1cc(-c2cnc3[nH]cc(-c4ccncn4)c3c2)cc(-c2cnn(C)c2)n1. The van der Waals surface area contributed by atoms with Crippen LogP contribution in [-0.2, 0) is 11.8 Å². The number of aromatic amines is 1. The largest absolute Gasteiger partial charge is 0.345 e. The van der Waals surface area contributed by atoms with Gasteiger partial charge in [0.2, 0.25) is 5.91 Å². The minimum atomic E-state index is -0.246. The minimum absolute atomic E-state index is 0.246. The fourth-order valence-corrected chi connectivity index (χ4v) is 3.82. The van der Waals surface area contributed by atoms with E-state index in [4.69, 9.17) is 0 Å². The molecule has 180 valence electrons. The normalized spacial score (nSPS) is 11.6. The number of amides is 1. The third kappa shape index (κ3) is 5.03. The average Bonchev–Trinajstić information content (AvgIpc) is 3.50. The topological polar surface area (TPSA) is 118 Å². The number of anilines is 1. The zero-order chi connectivity index (χ0) is 25.1. The van der Waals surface area contributed by atoms with Gasteiger partial charge in [0.15, 0.2) is 0 Å². The first kappa shape index (κ1) is 23.1. The third-order valence-corrected chi connectivity index (χ3v) is 5.54. The Morgan fingerprint density at radius 1 is 1.11 bits per heavy atom. The second-order valence-corrected chi connectivity index (χ2v) is 8.60. The number of aryl methyl sites for hydroxylation is 1. The Kier molecular flexibility index (Phi) is 6.33. The molecule has 0 bridgehead atoms. The first-order valence-corrected chi connectivity index (χ1v) is 11.3. The van der Waals surface area contributed by atoms with Crippen molar-refractivity contribution < 1.29 is 4.79 Å². The van der Waals surface area contributed by atoms with E-state index in [1.807, 2.05) is 56.6 Å².